The number of aliphatic imine (C=N–C) groups is 2. The van der Waals surface area contributed by atoms with E-state index < -0.39 is 0 Å². The molecule has 0 amide bonds. The summed E-state index contributed by atoms with van der Waals surface area (Å²) < 4.78 is 12.0. The van der Waals surface area contributed by atoms with E-state index >= 15 is 0 Å². The molecule has 0 aliphatic carbocycles. The average Bonchev–Trinajstić information content (AvgIpc) is 2.63. The van der Waals surface area contributed by atoms with Crippen LogP contribution in [0.2, 0.25) is 5.02 Å². The Balaban J connectivity index is 2.02. The Morgan fingerprint density at radius 3 is 2.50 bits per heavy atom. The highest BCUT2D eigenvalue weighted by atomic mass is 79.9. The van der Waals surface area contributed by atoms with Crippen LogP contribution in [0.25, 0.3) is 10.9 Å². The molecule has 2 heterocycles. The van der Waals surface area contributed by atoms with Crippen molar-refractivity contribution in [1.29, 1.82) is 0 Å². The van der Waals surface area contributed by atoms with Gasteiger partial charge in [-0.3, -0.25) is 4.98 Å². The van der Waals surface area contributed by atoms with Crippen LogP contribution < -0.4 is 0 Å². The maximum Gasteiger partial charge on any atom is 0.209 e. The van der Waals surface area contributed by atoms with Gasteiger partial charge in [0.2, 0.25) is 11.8 Å². The van der Waals surface area contributed by atoms with E-state index in [-0.39, 0.29) is 18.0 Å². The van der Waals surface area contributed by atoms with Gasteiger partial charge >= 0.3 is 0 Å². The molecule has 0 unspecified atom stereocenters. The van der Waals surface area contributed by atoms with Crippen molar-refractivity contribution in [2.24, 2.45) is 15.9 Å². The van der Waals surface area contributed by atoms with Crippen molar-refractivity contribution in [2.75, 3.05) is 14.2 Å². The van der Waals surface area contributed by atoms with E-state index in [1.165, 1.54) is 0 Å². The molecular formula is C19H21BrClN3O2. The molecule has 5 nitrogen and oxygen atoms in total. The van der Waals surface area contributed by atoms with Crippen molar-refractivity contribution in [3.8, 4) is 0 Å². The predicted molar refractivity (Wildman–Crippen MR) is 109 cm³/mol. The van der Waals surface area contributed by atoms with Gasteiger partial charge in [-0.15, -0.1) is 0 Å². The van der Waals surface area contributed by atoms with Crippen LogP contribution in [-0.2, 0) is 15.9 Å². The summed E-state index contributed by atoms with van der Waals surface area (Å²) in [6.45, 7) is 4.18. The zero-order chi connectivity index (χ0) is 18.8. The largest absolute Gasteiger partial charge is 0.483 e. The fourth-order valence-corrected chi connectivity index (χ4v) is 4.01. The maximum absolute atomic E-state index is 6.37. The van der Waals surface area contributed by atoms with Crippen LogP contribution in [-0.4, -0.2) is 43.1 Å². The Morgan fingerprint density at radius 2 is 1.85 bits per heavy atom. The van der Waals surface area contributed by atoms with Gasteiger partial charge in [-0.1, -0.05) is 47.4 Å². The number of fused-ring (bicyclic) bond motifs is 1. The van der Waals surface area contributed by atoms with Gasteiger partial charge < -0.3 is 9.47 Å². The smallest absolute Gasteiger partial charge is 0.209 e. The third-order valence-electron chi connectivity index (χ3n) is 4.42. The molecule has 0 N–H and O–H groups in total. The molecule has 1 aliphatic heterocycles. The third kappa shape index (κ3) is 3.58. The summed E-state index contributed by atoms with van der Waals surface area (Å²) in [5, 5.41) is 1.56. The molecule has 2 aromatic rings. The average molecular weight is 439 g/mol. The van der Waals surface area contributed by atoms with Crippen LogP contribution in [0.3, 0.4) is 0 Å². The number of halogens is 2. The van der Waals surface area contributed by atoms with Gasteiger partial charge in [0.15, 0.2) is 0 Å². The predicted octanol–water partition coefficient (Wildman–Crippen LogP) is 4.69. The zero-order valence-electron chi connectivity index (χ0n) is 15.2. The molecular weight excluding hydrogens is 418 g/mol. The molecule has 0 bridgehead atoms. The second-order valence-electron chi connectivity index (χ2n) is 6.47. The molecule has 7 heteroatoms. The first-order valence-corrected chi connectivity index (χ1v) is 9.58. The van der Waals surface area contributed by atoms with E-state index in [1.54, 1.807) is 26.5 Å². The quantitative estimate of drug-likeness (QED) is 0.698. The van der Waals surface area contributed by atoms with E-state index in [2.05, 4.69) is 34.8 Å². The lowest BCUT2D eigenvalue weighted by atomic mass is 9.99. The Morgan fingerprint density at radius 1 is 1.12 bits per heavy atom. The van der Waals surface area contributed by atoms with Crippen LogP contribution in [0, 0.1) is 5.92 Å². The molecule has 0 radical (unpaired) electrons. The topological polar surface area (TPSA) is 56.1 Å². The number of nitrogens with zero attached hydrogens (tertiary/aromatic N) is 3. The lowest BCUT2D eigenvalue weighted by Gasteiger charge is -2.27. The molecule has 1 aromatic heterocycles. The molecule has 0 spiro atoms. The van der Waals surface area contributed by atoms with Gasteiger partial charge in [-0.05, 0) is 23.6 Å². The monoisotopic (exact) mass is 437 g/mol. The Bertz CT molecular complexity index is 874. The summed E-state index contributed by atoms with van der Waals surface area (Å²) in [5.41, 5.74) is 1.88. The van der Waals surface area contributed by atoms with Crippen LogP contribution >= 0.6 is 27.5 Å². The molecule has 0 saturated heterocycles. The number of hydrogen-bond acceptors (Lipinski definition) is 5. The first-order chi connectivity index (χ1) is 12.5. The lowest BCUT2D eigenvalue weighted by Crippen LogP contribution is -2.38. The van der Waals surface area contributed by atoms with Gasteiger partial charge in [0.25, 0.3) is 0 Å². The van der Waals surface area contributed by atoms with Crippen molar-refractivity contribution in [1.82, 2.24) is 4.98 Å². The number of benzene rings is 1. The number of rotatable bonds is 3. The summed E-state index contributed by atoms with van der Waals surface area (Å²) >= 11 is 9.92. The van der Waals surface area contributed by atoms with E-state index in [1.807, 2.05) is 12.1 Å². The first kappa shape index (κ1) is 19.1. The van der Waals surface area contributed by atoms with Crippen LogP contribution in [0.4, 0.5) is 0 Å². The van der Waals surface area contributed by atoms with Crippen LogP contribution in [0.1, 0.15) is 19.4 Å². The molecule has 26 heavy (non-hydrogen) atoms. The Hall–Kier alpha value is -1.66. The Labute approximate surface area is 166 Å². The summed E-state index contributed by atoms with van der Waals surface area (Å²) in [4.78, 5) is 14.0. The Kier molecular flexibility index (Phi) is 5.82. The van der Waals surface area contributed by atoms with Gasteiger partial charge in [-0.25, -0.2) is 9.98 Å². The fourth-order valence-electron chi connectivity index (χ4n) is 3.11. The number of aromatic nitrogens is 1. The number of pyridine rings is 1. The minimum Gasteiger partial charge on any atom is -0.483 e. The molecule has 1 aliphatic rings. The molecule has 0 saturated carbocycles. The fraction of sp³-hybridized carbons (Fsp3) is 0.421. The van der Waals surface area contributed by atoms with Crippen LogP contribution in [0.15, 0.2) is 38.9 Å². The normalized spacial score (nSPS) is 20.1. The number of hydrogen-bond donors (Lipinski definition) is 0. The van der Waals surface area contributed by atoms with Gasteiger partial charge in [-0.2, -0.15) is 0 Å². The summed E-state index contributed by atoms with van der Waals surface area (Å²) in [5.74, 6) is 1.52. The minimum absolute atomic E-state index is 0.125. The van der Waals surface area contributed by atoms with E-state index in [0.717, 1.165) is 20.9 Å². The number of methoxy groups -OCH3 is 2. The molecule has 3 rings (SSSR count). The van der Waals surface area contributed by atoms with Gasteiger partial charge in [0, 0.05) is 22.5 Å². The molecule has 2 atom stereocenters. The van der Waals surface area contributed by atoms with Crippen molar-refractivity contribution < 1.29 is 9.47 Å². The van der Waals surface area contributed by atoms with Crippen LogP contribution in [0.5, 0.6) is 0 Å². The summed E-state index contributed by atoms with van der Waals surface area (Å²) in [6.07, 6.45) is 2.31. The highest BCUT2D eigenvalue weighted by molar-refractivity contribution is 9.10. The first-order valence-electron chi connectivity index (χ1n) is 8.41. The van der Waals surface area contributed by atoms with Gasteiger partial charge in [0.1, 0.15) is 12.1 Å². The zero-order valence-corrected chi connectivity index (χ0v) is 17.5. The van der Waals surface area contributed by atoms with Crippen molar-refractivity contribution >= 4 is 50.2 Å². The standard InChI is InChI=1S/C19H21BrClN3O2/c1-10(2)16-19(26-4)23-14(18(24-16)25-3)9-11-5-6-12(20)15-13(21)7-8-22-17(11)15/h5-8,10,14,16H,9H2,1-4H3/t14-,16+/m0/s1. The molecule has 0 fully saturated rings. The summed E-state index contributed by atoms with van der Waals surface area (Å²) in [7, 11) is 3.26. The minimum atomic E-state index is -0.255. The van der Waals surface area contributed by atoms with Crippen molar-refractivity contribution in [3.05, 3.63) is 39.5 Å². The highest BCUT2D eigenvalue weighted by Crippen LogP contribution is 2.32. The van der Waals surface area contributed by atoms with Crippen molar-refractivity contribution in [2.45, 2.75) is 32.4 Å². The van der Waals surface area contributed by atoms with E-state index in [9.17, 15) is 0 Å². The molecule has 138 valence electrons. The maximum atomic E-state index is 6.37. The second kappa shape index (κ2) is 7.92. The van der Waals surface area contributed by atoms with Gasteiger partial charge in [0.05, 0.1) is 24.8 Å². The second-order valence-corrected chi connectivity index (χ2v) is 7.74. The number of ether oxygens (including phenoxy) is 2. The summed E-state index contributed by atoms with van der Waals surface area (Å²) in [6, 6.07) is 5.42. The van der Waals surface area contributed by atoms with E-state index in [0.29, 0.717) is 23.2 Å². The lowest BCUT2D eigenvalue weighted by molar-refractivity contribution is 0.333. The SMILES string of the molecule is COC1=N[C@H](C(C)C)C(OC)=N[C@H]1Cc1ccc(Br)c2c(Cl)ccnc12. The van der Waals surface area contributed by atoms with Crippen molar-refractivity contribution in [3.63, 3.8) is 0 Å². The molecule has 1 aromatic carbocycles. The highest BCUT2D eigenvalue weighted by Gasteiger charge is 2.31. The van der Waals surface area contributed by atoms with E-state index in [4.69, 9.17) is 31.1 Å². The third-order valence-corrected chi connectivity index (χ3v) is 5.40.